The fraction of sp³-hybridized carbons (Fsp3) is 0.222. The van der Waals surface area contributed by atoms with Crippen LogP contribution in [0.3, 0.4) is 0 Å². The van der Waals surface area contributed by atoms with Gasteiger partial charge in [0.25, 0.3) is 0 Å². The first-order chi connectivity index (χ1) is 11.6. The molecule has 0 fully saturated rings. The Labute approximate surface area is 140 Å². The van der Waals surface area contributed by atoms with E-state index in [1.165, 1.54) is 0 Å². The van der Waals surface area contributed by atoms with Gasteiger partial charge in [-0.2, -0.15) is 0 Å². The summed E-state index contributed by atoms with van der Waals surface area (Å²) in [5, 5.41) is 3.23. The lowest BCUT2D eigenvalue weighted by Crippen LogP contribution is -2.40. The average Bonchev–Trinajstić information content (AvgIpc) is 2.61. The van der Waals surface area contributed by atoms with Crippen LogP contribution in [0.5, 0.6) is 0 Å². The van der Waals surface area contributed by atoms with Crippen molar-refractivity contribution in [3.63, 3.8) is 0 Å². The van der Waals surface area contributed by atoms with Crippen LogP contribution in [0.2, 0.25) is 0 Å². The van der Waals surface area contributed by atoms with Crippen LogP contribution in [0, 0.1) is 0 Å². The zero-order valence-electron chi connectivity index (χ0n) is 13.7. The number of nitrogens with zero attached hydrogens (tertiary/aromatic N) is 4. The van der Waals surface area contributed by atoms with Gasteiger partial charge in [0.1, 0.15) is 17.4 Å². The van der Waals surface area contributed by atoms with Crippen LogP contribution < -0.4 is 5.32 Å². The molecular weight excluding hydrogens is 302 g/mol. The molecule has 0 spiro atoms. The molecule has 0 saturated carbocycles. The first kappa shape index (κ1) is 15.9. The van der Waals surface area contributed by atoms with Crippen molar-refractivity contribution in [2.75, 3.05) is 19.4 Å². The molecule has 0 aliphatic heterocycles. The Hall–Kier alpha value is -3.02. The van der Waals surface area contributed by atoms with E-state index >= 15 is 0 Å². The number of anilines is 1. The molecule has 3 aromatic rings. The number of pyridine rings is 1. The third-order valence-electron chi connectivity index (χ3n) is 3.68. The van der Waals surface area contributed by atoms with E-state index in [9.17, 15) is 4.79 Å². The molecule has 24 heavy (non-hydrogen) atoms. The number of likely N-dealkylation sites (N-methyl/N-ethyl adjacent to an activating group) is 1. The van der Waals surface area contributed by atoms with Gasteiger partial charge in [0.15, 0.2) is 5.65 Å². The number of hydrogen-bond donors (Lipinski definition) is 1. The second-order valence-electron chi connectivity index (χ2n) is 5.71. The maximum Gasteiger partial charge on any atom is 0.244 e. The quantitative estimate of drug-likeness (QED) is 0.779. The van der Waals surface area contributed by atoms with Crippen LogP contribution in [0.25, 0.3) is 11.2 Å². The van der Waals surface area contributed by atoms with Gasteiger partial charge in [0.05, 0.1) is 0 Å². The van der Waals surface area contributed by atoms with Crippen molar-refractivity contribution in [1.29, 1.82) is 0 Å². The molecule has 0 aliphatic carbocycles. The van der Waals surface area contributed by atoms with Crippen LogP contribution in [-0.2, 0) is 11.2 Å². The van der Waals surface area contributed by atoms with E-state index in [1.54, 1.807) is 31.4 Å². The van der Waals surface area contributed by atoms with Crippen molar-refractivity contribution < 1.29 is 4.79 Å². The summed E-state index contributed by atoms with van der Waals surface area (Å²) in [6.07, 6.45) is 3.81. The summed E-state index contributed by atoms with van der Waals surface area (Å²) < 4.78 is 0. The highest BCUT2D eigenvalue weighted by molar-refractivity contribution is 5.84. The molecule has 122 valence electrons. The Morgan fingerprint density at radius 2 is 1.83 bits per heavy atom. The van der Waals surface area contributed by atoms with Crippen molar-refractivity contribution in [1.82, 2.24) is 19.9 Å². The number of rotatable bonds is 5. The van der Waals surface area contributed by atoms with E-state index in [-0.39, 0.29) is 5.91 Å². The molecule has 1 unspecified atom stereocenters. The molecule has 6 heteroatoms. The molecule has 0 aliphatic rings. The van der Waals surface area contributed by atoms with Crippen molar-refractivity contribution in [3.8, 4) is 0 Å². The fourth-order valence-corrected chi connectivity index (χ4v) is 2.47. The Morgan fingerprint density at radius 3 is 2.58 bits per heavy atom. The van der Waals surface area contributed by atoms with Gasteiger partial charge < -0.3 is 10.2 Å². The van der Waals surface area contributed by atoms with E-state index in [4.69, 9.17) is 0 Å². The lowest BCUT2D eigenvalue weighted by Gasteiger charge is -2.22. The van der Waals surface area contributed by atoms with E-state index in [1.807, 2.05) is 42.5 Å². The highest BCUT2D eigenvalue weighted by atomic mass is 16.2. The highest BCUT2D eigenvalue weighted by Gasteiger charge is 2.21. The number of hydrogen-bond acceptors (Lipinski definition) is 5. The van der Waals surface area contributed by atoms with E-state index in [0.29, 0.717) is 17.9 Å². The largest absolute Gasteiger partial charge is 0.358 e. The highest BCUT2D eigenvalue weighted by Crippen LogP contribution is 2.14. The van der Waals surface area contributed by atoms with Gasteiger partial charge in [-0.1, -0.05) is 30.3 Å². The number of amides is 1. The minimum Gasteiger partial charge on any atom is -0.358 e. The zero-order chi connectivity index (χ0) is 16.9. The van der Waals surface area contributed by atoms with Gasteiger partial charge >= 0.3 is 0 Å². The summed E-state index contributed by atoms with van der Waals surface area (Å²) in [6, 6.07) is 13.2. The summed E-state index contributed by atoms with van der Waals surface area (Å²) in [7, 11) is 3.50. The summed E-state index contributed by atoms with van der Waals surface area (Å²) in [5.74, 6) is 0.610. The van der Waals surface area contributed by atoms with Gasteiger partial charge in [0, 0.05) is 32.9 Å². The maximum absolute atomic E-state index is 12.5. The summed E-state index contributed by atoms with van der Waals surface area (Å²) in [4.78, 5) is 27.0. The third kappa shape index (κ3) is 3.65. The van der Waals surface area contributed by atoms with Crippen molar-refractivity contribution in [2.24, 2.45) is 0 Å². The molecule has 0 bridgehead atoms. The molecule has 1 amide bonds. The Morgan fingerprint density at radius 1 is 1.08 bits per heavy atom. The smallest absolute Gasteiger partial charge is 0.244 e. The second-order valence-corrected chi connectivity index (χ2v) is 5.71. The number of fused-ring (bicyclic) bond motifs is 1. The van der Waals surface area contributed by atoms with Crippen LogP contribution in [0.4, 0.5) is 5.82 Å². The predicted molar refractivity (Wildman–Crippen MR) is 93.6 cm³/mol. The standard InChI is InChI=1S/C18H19N5O/c1-23(2)18(24)15(12-13-6-4-3-5-7-13)21-16-9-8-14-17(22-16)20-11-10-19-14/h3-11,15H,12H2,1-2H3,(H,20,21,22). The van der Waals surface area contributed by atoms with Crippen LogP contribution in [0.1, 0.15) is 5.56 Å². The predicted octanol–water partition coefficient (Wildman–Crippen LogP) is 2.14. The van der Waals surface area contributed by atoms with Gasteiger partial charge in [-0.05, 0) is 17.7 Å². The first-order valence-electron chi connectivity index (χ1n) is 7.73. The summed E-state index contributed by atoms with van der Waals surface area (Å²) >= 11 is 0. The number of carbonyl (C=O) groups is 1. The summed E-state index contributed by atoms with van der Waals surface area (Å²) in [5.41, 5.74) is 2.37. The van der Waals surface area contributed by atoms with Gasteiger partial charge in [-0.25, -0.2) is 9.97 Å². The molecule has 3 rings (SSSR count). The topological polar surface area (TPSA) is 71.0 Å². The van der Waals surface area contributed by atoms with Crippen LogP contribution >= 0.6 is 0 Å². The van der Waals surface area contributed by atoms with Crippen molar-refractivity contribution in [3.05, 3.63) is 60.4 Å². The number of benzene rings is 1. The van der Waals surface area contributed by atoms with Gasteiger partial charge in [0.2, 0.25) is 5.91 Å². The molecule has 1 atom stereocenters. The number of carbonyl (C=O) groups excluding carboxylic acids is 1. The van der Waals surface area contributed by atoms with E-state index in [0.717, 1.165) is 11.1 Å². The van der Waals surface area contributed by atoms with Crippen molar-refractivity contribution in [2.45, 2.75) is 12.5 Å². The molecule has 1 N–H and O–H groups in total. The fourth-order valence-electron chi connectivity index (χ4n) is 2.47. The molecule has 6 nitrogen and oxygen atoms in total. The lowest BCUT2D eigenvalue weighted by atomic mass is 10.0. The zero-order valence-corrected chi connectivity index (χ0v) is 13.7. The minimum absolute atomic E-state index is 0.0000964. The minimum atomic E-state index is -0.399. The van der Waals surface area contributed by atoms with E-state index in [2.05, 4.69) is 20.3 Å². The third-order valence-corrected chi connectivity index (χ3v) is 3.68. The summed E-state index contributed by atoms with van der Waals surface area (Å²) in [6.45, 7) is 0. The first-order valence-corrected chi connectivity index (χ1v) is 7.73. The Balaban J connectivity index is 1.85. The van der Waals surface area contributed by atoms with E-state index < -0.39 is 6.04 Å². The molecule has 1 aromatic carbocycles. The number of aromatic nitrogens is 3. The average molecular weight is 321 g/mol. The Bertz CT molecular complexity index is 835. The van der Waals surface area contributed by atoms with Crippen molar-refractivity contribution >= 4 is 22.9 Å². The second kappa shape index (κ2) is 7.04. The number of nitrogens with one attached hydrogen (secondary N) is 1. The molecule has 2 aromatic heterocycles. The van der Waals surface area contributed by atoms with Gasteiger partial charge in [-0.3, -0.25) is 9.78 Å². The Kier molecular flexibility index (Phi) is 4.65. The maximum atomic E-state index is 12.5. The SMILES string of the molecule is CN(C)C(=O)C(Cc1ccccc1)Nc1ccc2nccnc2n1. The van der Waals surface area contributed by atoms with Crippen LogP contribution in [0.15, 0.2) is 54.9 Å². The molecular formula is C18H19N5O. The molecule has 0 radical (unpaired) electrons. The van der Waals surface area contributed by atoms with Gasteiger partial charge in [-0.15, -0.1) is 0 Å². The monoisotopic (exact) mass is 321 g/mol. The normalized spacial score (nSPS) is 11.9. The molecule has 2 heterocycles. The molecule has 0 saturated heterocycles. The lowest BCUT2D eigenvalue weighted by molar-refractivity contribution is -0.129. The van der Waals surface area contributed by atoms with Crippen LogP contribution in [-0.4, -0.2) is 45.9 Å².